The van der Waals surface area contributed by atoms with Gasteiger partial charge in [-0.3, -0.25) is 0 Å². The molecule has 1 aromatic rings. The Kier molecular flexibility index (Phi) is 6.43. The summed E-state index contributed by atoms with van der Waals surface area (Å²) < 4.78 is 0. The van der Waals surface area contributed by atoms with Gasteiger partial charge in [0.15, 0.2) is 0 Å². The first-order chi connectivity index (χ1) is 10.1. The van der Waals surface area contributed by atoms with Crippen LogP contribution in [-0.2, 0) is 0 Å². The van der Waals surface area contributed by atoms with E-state index in [0.29, 0.717) is 15.9 Å². The van der Waals surface area contributed by atoms with Crippen molar-refractivity contribution in [1.82, 2.24) is 4.98 Å². The zero-order valence-corrected chi connectivity index (χ0v) is 14.4. The zero-order chi connectivity index (χ0) is 15.2. The molecular weight excluding hydrogens is 305 g/mol. The predicted molar refractivity (Wildman–Crippen MR) is 92.6 cm³/mol. The van der Waals surface area contributed by atoms with Crippen LogP contribution in [0.5, 0.6) is 0 Å². The number of anilines is 2. The number of pyridine rings is 1. The van der Waals surface area contributed by atoms with Crippen molar-refractivity contribution in [3.63, 3.8) is 0 Å². The maximum absolute atomic E-state index is 6.23. The first-order valence-corrected chi connectivity index (χ1v) is 8.73. The zero-order valence-electron chi connectivity index (χ0n) is 12.9. The third-order valence-electron chi connectivity index (χ3n) is 4.38. The minimum Gasteiger partial charge on any atom is -0.369 e. The number of rotatable bonds is 6. The van der Waals surface area contributed by atoms with Gasteiger partial charge >= 0.3 is 0 Å². The SMILES string of the molecule is CCNc1nc(NCC2CCC(CC)CC2)c(Cl)cc1Cl. The van der Waals surface area contributed by atoms with E-state index in [1.54, 1.807) is 6.07 Å². The van der Waals surface area contributed by atoms with E-state index in [1.165, 1.54) is 32.1 Å². The Hall–Kier alpha value is -0.670. The smallest absolute Gasteiger partial charge is 0.147 e. The lowest BCUT2D eigenvalue weighted by Crippen LogP contribution is -2.21. The first kappa shape index (κ1) is 16.7. The molecule has 0 saturated heterocycles. The van der Waals surface area contributed by atoms with Crippen molar-refractivity contribution in [1.29, 1.82) is 0 Å². The maximum Gasteiger partial charge on any atom is 0.147 e. The molecule has 0 atom stereocenters. The summed E-state index contributed by atoms with van der Waals surface area (Å²) in [5.41, 5.74) is 0. The lowest BCUT2D eigenvalue weighted by Gasteiger charge is -2.28. The Morgan fingerprint density at radius 2 is 1.57 bits per heavy atom. The lowest BCUT2D eigenvalue weighted by atomic mass is 9.81. The molecule has 0 bridgehead atoms. The van der Waals surface area contributed by atoms with Gasteiger partial charge in [-0.1, -0.05) is 49.4 Å². The molecule has 3 nitrogen and oxygen atoms in total. The molecule has 0 spiro atoms. The quantitative estimate of drug-likeness (QED) is 0.728. The van der Waals surface area contributed by atoms with Crippen molar-refractivity contribution in [2.24, 2.45) is 11.8 Å². The van der Waals surface area contributed by atoms with Crippen LogP contribution >= 0.6 is 23.2 Å². The third kappa shape index (κ3) is 4.65. The van der Waals surface area contributed by atoms with Gasteiger partial charge in [-0.05, 0) is 37.7 Å². The van der Waals surface area contributed by atoms with E-state index in [2.05, 4.69) is 22.5 Å². The molecule has 0 aromatic carbocycles. The normalized spacial score (nSPS) is 22.1. The Bertz CT molecular complexity index is 457. The van der Waals surface area contributed by atoms with Crippen LogP contribution in [-0.4, -0.2) is 18.1 Å². The average molecular weight is 330 g/mol. The van der Waals surface area contributed by atoms with Crippen LogP contribution in [0.2, 0.25) is 10.0 Å². The number of nitrogens with zero attached hydrogens (tertiary/aromatic N) is 1. The number of hydrogen-bond donors (Lipinski definition) is 2. The van der Waals surface area contributed by atoms with E-state index in [-0.39, 0.29) is 0 Å². The molecule has 1 heterocycles. The third-order valence-corrected chi connectivity index (χ3v) is 4.95. The van der Waals surface area contributed by atoms with Gasteiger partial charge in [0, 0.05) is 13.1 Å². The lowest BCUT2D eigenvalue weighted by molar-refractivity contribution is 0.278. The molecule has 5 heteroatoms. The summed E-state index contributed by atoms with van der Waals surface area (Å²) >= 11 is 12.4. The van der Waals surface area contributed by atoms with Crippen LogP contribution in [0.1, 0.15) is 46.0 Å². The van der Waals surface area contributed by atoms with Crippen molar-refractivity contribution in [2.75, 3.05) is 23.7 Å². The summed E-state index contributed by atoms with van der Waals surface area (Å²) in [4.78, 5) is 4.49. The molecule has 1 saturated carbocycles. The molecule has 2 N–H and O–H groups in total. The second-order valence-electron chi connectivity index (χ2n) is 5.86. The van der Waals surface area contributed by atoms with E-state index in [1.807, 2.05) is 6.92 Å². The minimum absolute atomic E-state index is 0.566. The molecule has 2 rings (SSSR count). The monoisotopic (exact) mass is 329 g/mol. The Morgan fingerprint density at radius 3 is 2.14 bits per heavy atom. The largest absolute Gasteiger partial charge is 0.369 e. The topological polar surface area (TPSA) is 37.0 Å². The molecule has 1 aliphatic carbocycles. The molecule has 0 aliphatic heterocycles. The van der Waals surface area contributed by atoms with Crippen molar-refractivity contribution < 1.29 is 0 Å². The fourth-order valence-electron chi connectivity index (χ4n) is 2.97. The van der Waals surface area contributed by atoms with E-state index in [4.69, 9.17) is 23.2 Å². The maximum atomic E-state index is 6.23. The van der Waals surface area contributed by atoms with E-state index < -0.39 is 0 Å². The summed E-state index contributed by atoms with van der Waals surface area (Å²) in [6, 6.07) is 1.75. The molecule has 118 valence electrons. The highest BCUT2D eigenvalue weighted by Crippen LogP contribution is 2.32. The molecule has 0 radical (unpaired) electrons. The number of nitrogens with one attached hydrogen (secondary N) is 2. The van der Waals surface area contributed by atoms with Gasteiger partial charge in [0.25, 0.3) is 0 Å². The van der Waals surface area contributed by atoms with Gasteiger partial charge in [-0.15, -0.1) is 0 Å². The highest BCUT2D eigenvalue weighted by Gasteiger charge is 2.20. The second-order valence-corrected chi connectivity index (χ2v) is 6.67. The van der Waals surface area contributed by atoms with Gasteiger partial charge in [0.2, 0.25) is 0 Å². The summed E-state index contributed by atoms with van der Waals surface area (Å²) in [6.45, 7) is 6.04. The van der Waals surface area contributed by atoms with Gasteiger partial charge in [-0.2, -0.15) is 0 Å². The molecule has 1 aromatic heterocycles. The van der Waals surface area contributed by atoms with Gasteiger partial charge in [0.1, 0.15) is 11.6 Å². The van der Waals surface area contributed by atoms with E-state index in [9.17, 15) is 0 Å². The van der Waals surface area contributed by atoms with Crippen LogP contribution in [0.15, 0.2) is 6.07 Å². The summed E-state index contributed by atoms with van der Waals surface area (Å²) in [6.07, 6.45) is 6.63. The summed E-state index contributed by atoms with van der Waals surface area (Å²) in [5.74, 6) is 3.08. The Balaban J connectivity index is 1.92. The van der Waals surface area contributed by atoms with E-state index in [0.717, 1.165) is 30.7 Å². The molecular formula is C16H25Cl2N3. The molecule has 1 fully saturated rings. The molecule has 1 aliphatic rings. The highest BCUT2D eigenvalue weighted by molar-refractivity contribution is 6.37. The minimum atomic E-state index is 0.566. The highest BCUT2D eigenvalue weighted by atomic mass is 35.5. The summed E-state index contributed by atoms with van der Waals surface area (Å²) in [7, 11) is 0. The molecule has 0 unspecified atom stereocenters. The fraction of sp³-hybridized carbons (Fsp3) is 0.688. The van der Waals surface area contributed by atoms with Gasteiger partial charge in [-0.25, -0.2) is 4.98 Å². The second kappa shape index (κ2) is 8.09. The van der Waals surface area contributed by atoms with Crippen LogP contribution in [0, 0.1) is 11.8 Å². The molecule has 0 amide bonds. The molecule has 21 heavy (non-hydrogen) atoms. The van der Waals surface area contributed by atoms with Crippen LogP contribution in [0.3, 0.4) is 0 Å². The first-order valence-electron chi connectivity index (χ1n) is 7.97. The Labute approximate surface area is 137 Å². The van der Waals surface area contributed by atoms with Crippen molar-refractivity contribution in [2.45, 2.75) is 46.0 Å². The number of aromatic nitrogens is 1. The fourth-order valence-corrected chi connectivity index (χ4v) is 3.46. The predicted octanol–water partition coefficient (Wildman–Crippen LogP) is 5.45. The van der Waals surface area contributed by atoms with Crippen molar-refractivity contribution >= 4 is 34.8 Å². The Morgan fingerprint density at radius 1 is 1.00 bits per heavy atom. The van der Waals surface area contributed by atoms with Gasteiger partial charge in [0.05, 0.1) is 10.0 Å². The standard InChI is InChI=1S/C16H25Cl2N3/c1-3-11-5-7-12(8-6-11)10-20-16-14(18)9-13(17)15(21-16)19-4-2/h9,11-12H,3-8,10H2,1-2H3,(H2,19,20,21). The summed E-state index contributed by atoms with van der Waals surface area (Å²) in [5, 5.41) is 7.71. The van der Waals surface area contributed by atoms with Crippen LogP contribution in [0.25, 0.3) is 0 Å². The van der Waals surface area contributed by atoms with Crippen molar-refractivity contribution in [3.8, 4) is 0 Å². The van der Waals surface area contributed by atoms with E-state index >= 15 is 0 Å². The van der Waals surface area contributed by atoms with Gasteiger partial charge < -0.3 is 10.6 Å². The van der Waals surface area contributed by atoms with Crippen LogP contribution in [0.4, 0.5) is 11.6 Å². The van der Waals surface area contributed by atoms with Crippen molar-refractivity contribution in [3.05, 3.63) is 16.1 Å². The number of halogens is 2. The average Bonchev–Trinajstić information content (AvgIpc) is 2.49. The van der Waals surface area contributed by atoms with Crippen LogP contribution < -0.4 is 10.6 Å². The number of hydrogen-bond acceptors (Lipinski definition) is 3.